The van der Waals surface area contributed by atoms with E-state index in [9.17, 15) is 4.39 Å². The van der Waals surface area contributed by atoms with Crippen molar-refractivity contribution in [2.45, 2.75) is 18.9 Å². The van der Waals surface area contributed by atoms with E-state index in [0.29, 0.717) is 0 Å². The summed E-state index contributed by atoms with van der Waals surface area (Å²) in [4.78, 5) is 8.70. The Balaban J connectivity index is 1.72. The smallest absolute Gasteiger partial charge is 0.119 e. The summed E-state index contributed by atoms with van der Waals surface area (Å²) in [6.07, 6.45) is 14.8. The predicted molar refractivity (Wildman–Crippen MR) is 90.6 cm³/mol. The second kappa shape index (κ2) is 5.95. The number of hydrogen-bond donors (Lipinski definition) is 1. The fourth-order valence-electron chi connectivity index (χ4n) is 3.34. The average Bonchev–Trinajstić information content (AvgIpc) is 2.98. The Kier molecular flexibility index (Phi) is 3.66. The van der Waals surface area contributed by atoms with Crippen LogP contribution in [0.4, 0.5) is 4.39 Å². The molecule has 0 saturated carbocycles. The lowest BCUT2D eigenvalue weighted by molar-refractivity contribution is 0.609. The number of hydrogen-bond acceptors (Lipinski definition) is 3. The standard InChI is InChI=1S/C19H18FN3/c20-16-5-6-18-17(10-16)15(12-23-18)9-13-3-2-8-22-19(13)14-4-1-7-21-11-14/h1,4-7,9-12,17-18,22H,2-3,8H2. The minimum Gasteiger partial charge on any atom is -0.384 e. The number of aromatic nitrogens is 1. The summed E-state index contributed by atoms with van der Waals surface area (Å²) in [5.41, 5.74) is 4.55. The molecule has 0 radical (unpaired) electrons. The lowest BCUT2D eigenvalue weighted by Crippen LogP contribution is -2.21. The normalized spacial score (nSPS) is 27.9. The third kappa shape index (κ3) is 2.77. The summed E-state index contributed by atoms with van der Waals surface area (Å²) in [5, 5.41) is 3.49. The minimum atomic E-state index is -0.175. The number of aliphatic imine (C=N–C) groups is 1. The maximum atomic E-state index is 13.6. The molecule has 4 rings (SSSR count). The molecule has 3 aliphatic rings. The summed E-state index contributed by atoms with van der Waals surface area (Å²) in [6, 6.07) is 4.05. The molecule has 4 heteroatoms. The lowest BCUT2D eigenvalue weighted by Gasteiger charge is -2.22. The number of fused-ring (bicyclic) bond motifs is 1. The molecule has 23 heavy (non-hydrogen) atoms. The molecule has 0 spiro atoms. The van der Waals surface area contributed by atoms with Crippen molar-refractivity contribution in [2.24, 2.45) is 10.9 Å². The summed E-state index contributed by atoms with van der Waals surface area (Å²) >= 11 is 0. The van der Waals surface area contributed by atoms with Gasteiger partial charge >= 0.3 is 0 Å². The van der Waals surface area contributed by atoms with Gasteiger partial charge in [-0.05, 0) is 48.3 Å². The molecule has 0 bridgehead atoms. The number of allylic oxidation sites excluding steroid dienone is 4. The third-order valence-corrected chi connectivity index (χ3v) is 4.48. The highest BCUT2D eigenvalue weighted by Crippen LogP contribution is 2.33. The zero-order chi connectivity index (χ0) is 15.6. The van der Waals surface area contributed by atoms with E-state index in [1.807, 2.05) is 24.6 Å². The van der Waals surface area contributed by atoms with Crippen molar-refractivity contribution in [3.63, 3.8) is 0 Å². The fourth-order valence-corrected chi connectivity index (χ4v) is 3.34. The molecule has 1 aromatic rings. The Morgan fingerprint density at radius 3 is 3.17 bits per heavy atom. The van der Waals surface area contributed by atoms with Gasteiger partial charge in [-0.1, -0.05) is 12.2 Å². The SMILES string of the molecule is FC1=CC2C(=CC3=C(c4cccnc4)NCCC3)C=NC2C=C1. The Morgan fingerprint density at radius 2 is 2.30 bits per heavy atom. The number of pyridine rings is 1. The molecular weight excluding hydrogens is 289 g/mol. The summed E-state index contributed by atoms with van der Waals surface area (Å²) in [5.74, 6) is -0.157. The van der Waals surface area contributed by atoms with Crippen LogP contribution in [0.1, 0.15) is 18.4 Å². The van der Waals surface area contributed by atoms with Gasteiger partial charge in [-0.15, -0.1) is 0 Å². The van der Waals surface area contributed by atoms with Crippen LogP contribution >= 0.6 is 0 Å². The average molecular weight is 307 g/mol. The number of halogens is 1. The first-order chi connectivity index (χ1) is 11.3. The molecule has 0 fully saturated rings. The van der Waals surface area contributed by atoms with Crippen LogP contribution in [0.15, 0.2) is 70.8 Å². The van der Waals surface area contributed by atoms with E-state index >= 15 is 0 Å². The molecule has 3 heterocycles. The van der Waals surface area contributed by atoms with Gasteiger partial charge in [0.15, 0.2) is 0 Å². The van der Waals surface area contributed by atoms with Crippen molar-refractivity contribution in [3.8, 4) is 0 Å². The molecule has 0 amide bonds. The van der Waals surface area contributed by atoms with Crippen LogP contribution in [0, 0.1) is 5.92 Å². The van der Waals surface area contributed by atoms with Gasteiger partial charge in [-0.3, -0.25) is 9.98 Å². The van der Waals surface area contributed by atoms with Crippen molar-refractivity contribution in [1.29, 1.82) is 0 Å². The van der Waals surface area contributed by atoms with Gasteiger partial charge in [-0.25, -0.2) is 4.39 Å². The Bertz CT molecular complexity index is 756. The van der Waals surface area contributed by atoms with Gasteiger partial charge in [0.25, 0.3) is 0 Å². The van der Waals surface area contributed by atoms with Gasteiger partial charge in [-0.2, -0.15) is 0 Å². The first-order valence-corrected chi connectivity index (χ1v) is 7.99. The first-order valence-electron chi connectivity index (χ1n) is 7.99. The van der Waals surface area contributed by atoms with Crippen LogP contribution in [0.2, 0.25) is 0 Å². The van der Waals surface area contributed by atoms with Gasteiger partial charge < -0.3 is 5.32 Å². The maximum absolute atomic E-state index is 13.6. The molecular formula is C19H18FN3. The van der Waals surface area contributed by atoms with E-state index in [1.165, 1.54) is 11.6 Å². The van der Waals surface area contributed by atoms with Crippen molar-refractivity contribution < 1.29 is 4.39 Å². The number of nitrogens with zero attached hydrogens (tertiary/aromatic N) is 2. The number of nitrogens with one attached hydrogen (secondary N) is 1. The van der Waals surface area contributed by atoms with E-state index in [2.05, 4.69) is 27.4 Å². The van der Waals surface area contributed by atoms with Crippen molar-refractivity contribution in [3.05, 3.63) is 71.4 Å². The Morgan fingerprint density at radius 1 is 1.35 bits per heavy atom. The molecule has 1 aliphatic carbocycles. The van der Waals surface area contributed by atoms with Crippen LogP contribution in [0.25, 0.3) is 5.70 Å². The van der Waals surface area contributed by atoms with E-state index < -0.39 is 0 Å². The molecule has 1 aromatic heterocycles. The molecule has 0 saturated heterocycles. The third-order valence-electron chi connectivity index (χ3n) is 4.48. The second-order valence-corrected chi connectivity index (χ2v) is 6.02. The quantitative estimate of drug-likeness (QED) is 0.906. The lowest BCUT2D eigenvalue weighted by atomic mass is 9.88. The van der Waals surface area contributed by atoms with Crippen molar-refractivity contribution >= 4 is 11.9 Å². The molecule has 0 aromatic carbocycles. The highest BCUT2D eigenvalue weighted by Gasteiger charge is 2.28. The molecule has 1 N–H and O–H groups in total. The minimum absolute atomic E-state index is 0.0181. The summed E-state index contributed by atoms with van der Waals surface area (Å²) in [7, 11) is 0. The Hall–Kier alpha value is -2.49. The van der Waals surface area contributed by atoms with E-state index in [-0.39, 0.29) is 17.8 Å². The van der Waals surface area contributed by atoms with E-state index in [0.717, 1.165) is 36.2 Å². The number of rotatable bonds is 2. The highest BCUT2D eigenvalue weighted by atomic mass is 19.1. The van der Waals surface area contributed by atoms with E-state index in [1.54, 1.807) is 12.3 Å². The molecule has 2 aliphatic heterocycles. The highest BCUT2D eigenvalue weighted by molar-refractivity contribution is 5.85. The van der Waals surface area contributed by atoms with Crippen molar-refractivity contribution in [1.82, 2.24) is 10.3 Å². The molecule has 2 unspecified atom stereocenters. The Labute approximate surface area is 135 Å². The van der Waals surface area contributed by atoms with Gasteiger partial charge in [0.05, 0.1) is 6.04 Å². The summed E-state index contributed by atoms with van der Waals surface area (Å²) < 4.78 is 13.6. The molecule has 116 valence electrons. The zero-order valence-electron chi connectivity index (χ0n) is 12.7. The van der Waals surface area contributed by atoms with Crippen LogP contribution in [0.3, 0.4) is 0 Å². The van der Waals surface area contributed by atoms with Crippen LogP contribution in [-0.2, 0) is 0 Å². The topological polar surface area (TPSA) is 37.3 Å². The monoisotopic (exact) mass is 307 g/mol. The zero-order valence-corrected chi connectivity index (χ0v) is 12.7. The van der Waals surface area contributed by atoms with Crippen LogP contribution < -0.4 is 5.32 Å². The molecule has 3 nitrogen and oxygen atoms in total. The van der Waals surface area contributed by atoms with E-state index in [4.69, 9.17) is 0 Å². The van der Waals surface area contributed by atoms with Crippen molar-refractivity contribution in [2.75, 3.05) is 6.54 Å². The van der Waals surface area contributed by atoms with Crippen LogP contribution in [0.5, 0.6) is 0 Å². The predicted octanol–water partition coefficient (Wildman–Crippen LogP) is 3.59. The van der Waals surface area contributed by atoms with Gasteiger partial charge in [0.1, 0.15) is 5.83 Å². The second-order valence-electron chi connectivity index (χ2n) is 6.02. The largest absolute Gasteiger partial charge is 0.384 e. The first kappa shape index (κ1) is 14.1. The fraction of sp³-hybridized carbons (Fsp3) is 0.263. The van der Waals surface area contributed by atoms with Gasteiger partial charge in [0, 0.05) is 42.3 Å². The maximum Gasteiger partial charge on any atom is 0.119 e. The van der Waals surface area contributed by atoms with Gasteiger partial charge in [0.2, 0.25) is 0 Å². The summed E-state index contributed by atoms with van der Waals surface area (Å²) in [6.45, 7) is 0.967. The molecule has 2 atom stereocenters. The van der Waals surface area contributed by atoms with Crippen LogP contribution in [-0.4, -0.2) is 23.8 Å².